The Hall–Kier alpha value is -3.57. The zero-order valence-corrected chi connectivity index (χ0v) is 21.1. The van der Waals surface area contributed by atoms with Crippen molar-refractivity contribution >= 4 is 0 Å². The molecule has 0 amide bonds. The van der Waals surface area contributed by atoms with Gasteiger partial charge in [-0.05, 0) is 37.4 Å². The maximum Gasteiger partial charge on any atom is 2.00 e. The van der Waals surface area contributed by atoms with Crippen LogP contribution in [0.2, 0.25) is 0 Å². The van der Waals surface area contributed by atoms with Crippen molar-refractivity contribution in [2.24, 2.45) is 0 Å². The van der Waals surface area contributed by atoms with Crippen LogP contribution in [0.25, 0.3) is 28.3 Å². The van der Waals surface area contributed by atoms with Crippen molar-refractivity contribution in [3.63, 3.8) is 0 Å². The second-order valence-corrected chi connectivity index (χ2v) is 8.24. The summed E-state index contributed by atoms with van der Waals surface area (Å²) in [7, 11) is 0. The molecule has 5 aromatic rings. The normalized spacial score (nSPS) is 11.2. The molecule has 0 spiro atoms. The number of aromatic nitrogens is 5. The minimum Gasteiger partial charge on any atom is -0.343 e. The van der Waals surface area contributed by atoms with Crippen molar-refractivity contribution in [2.45, 2.75) is 19.3 Å². The number of hydrogen-bond donors (Lipinski definition) is 0. The number of halogens is 2. The standard InChI is InChI=1S/C27H19F2N5.Pt/c1-27(2,22-11-6-10-21(30-22)19-14-15-24(28)32-26(19)29)23-12-7-13-25(31-23)34-17-16-20(33-34)18-8-4-3-5-9-18;/h3-13,15-16H,1-2H3;/q-2;+2. The van der Waals surface area contributed by atoms with Crippen LogP contribution in [0.1, 0.15) is 25.2 Å². The first-order valence-corrected chi connectivity index (χ1v) is 10.6. The minimum absolute atomic E-state index is 0. The molecule has 0 atom stereocenters. The van der Waals surface area contributed by atoms with Gasteiger partial charge in [0.15, 0.2) is 0 Å². The predicted octanol–water partition coefficient (Wildman–Crippen LogP) is 5.59. The molecule has 0 N–H and O–H groups in total. The van der Waals surface area contributed by atoms with Crippen LogP contribution in [0.5, 0.6) is 0 Å². The third kappa shape index (κ3) is 4.96. The van der Waals surface area contributed by atoms with Crippen molar-refractivity contribution < 1.29 is 29.8 Å². The molecule has 5 rings (SSSR count). The topological polar surface area (TPSA) is 56.5 Å². The monoisotopic (exact) mass is 646 g/mol. The molecule has 176 valence electrons. The van der Waals surface area contributed by atoms with E-state index in [1.54, 1.807) is 16.8 Å². The molecule has 8 heteroatoms. The van der Waals surface area contributed by atoms with Gasteiger partial charge in [-0.25, -0.2) is 8.78 Å². The molecule has 35 heavy (non-hydrogen) atoms. The van der Waals surface area contributed by atoms with Crippen molar-refractivity contribution in [3.05, 3.63) is 114 Å². The van der Waals surface area contributed by atoms with E-state index in [4.69, 9.17) is 4.98 Å². The Morgan fingerprint density at radius 2 is 1.49 bits per heavy atom. The van der Waals surface area contributed by atoms with Crippen LogP contribution >= 0.6 is 0 Å². The zero-order valence-electron chi connectivity index (χ0n) is 18.8. The number of benzene rings is 1. The average Bonchev–Trinajstić information content (AvgIpc) is 3.35. The second kappa shape index (κ2) is 9.96. The van der Waals surface area contributed by atoms with E-state index in [1.807, 2.05) is 74.5 Å². The molecule has 4 heterocycles. The summed E-state index contributed by atoms with van der Waals surface area (Å²) in [6, 6.07) is 26.2. The van der Waals surface area contributed by atoms with Crippen LogP contribution in [-0.2, 0) is 26.5 Å². The molecule has 0 unspecified atom stereocenters. The zero-order chi connectivity index (χ0) is 23.7. The fourth-order valence-corrected chi connectivity index (χ4v) is 3.65. The van der Waals surface area contributed by atoms with E-state index >= 15 is 0 Å². The van der Waals surface area contributed by atoms with Crippen molar-refractivity contribution in [3.8, 4) is 28.3 Å². The third-order valence-corrected chi connectivity index (χ3v) is 5.59. The minimum atomic E-state index is -0.953. The Labute approximate surface area is 216 Å². The van der Waals surface area contributed by atoms with Gasteiger partial charge in [0.2, 0.25) is 0 Å². The molecule has 0 bridgehead atoms. The molecule has 0 aliphatic heterocycles. The molecule has 0 saturated carbocycles. The van der Waals surface area contributed by atoms with Crippen LogP contribution in [0.15, 0.2) is 78.9 Å². The van der Waals surface area contributed by atoms with Gasteiger partial charge in [-0.15, -0.1) is 12.1 Å². The first-order valence-electron chi connectivity index (χ1n) is 10.6. The average molecular weight is 647 g/mol. The summed E-state index contributed by atoms with van der Waals surface area (Å²) in [5.41, 5.74) is 2.93. The van der Waals surface area contributed by atoms with Crippen LogP contribution < -0.4 is 0 Å². The Kier molecular flexibility index (Phi) is 6.99. The maximum absolute atomic E-state index is 14.2. The van der Waals surface area contributed by atoms with Gasteiger partial charge in [0.25, 0.3) is 0 Å². The van der Waals surface area contributed by atoms with E-state index in [9.17, 15) is 8.78 Å². The van der Waals surface area contributed by atoms with Gasteiger partial charge in [-0.2, -0.15) is 0 Å². The van der Waals surface area contributed by atoms with Crippen LogP contribution in [0.4, 0.5) is 8.78 Å². The van der Waals surface area contributed by atoms with Crippen LogP contribution in [0, 0.1) is 24.2 Å². The second-order valence-electron chi connectivity index (χ2n) is 8.24. The number of nitrogens with zero attached hydrogens (tertiary/aromatic N) is 5. The molecule has 0 aliphatic rings. The van der Waals surface area contributed by atoms with Crippen LogP contribution in [-0.4, -0.2) is 24.7 Å². The summed E-state index contributed by atoms with van der Waals surface area (Å²) in [6.07, 6.45) is 3.12. The van der Waals surface area contributed by atoms with E-state index in [1.165, 1.54) is 0 Å². The summed E-state index contributed by atoms with van der Waals surface area (Å²) in [5, 5.41) is 4.62. The molecule has 0 radical (unpaired) electrons. The first kappa shape index (κ1) is 24.5. The number of pyridine rings is 3. The molecule has 5 nitrogen and oxygen atoms in total. The van der Waals surface area contributed by atoms with Gasteiger partial charge < -0.3 is 9.67 Å². The van der Waals surface area contributed by atoms with Gasteiger partial charge in [0.05, 0.1) is 5.82 Å². The van der Waals surface area contributed by atoms with E-state index < -0.39 is 17.3 Å². The summed E-state index contributed by atoms with van der Waals surface area (Å²) in [5.74, 6) is -1.26. The Bertz CT molecular complexity index is 1470. The van der Waals surface area contributed by atoms with Gasteiger partial charge >= 0.3 is 21.1 Å². The summed E-state index contributed by atoms with van der Waals surface area (Å²) in [6.45, 7) is 3.97. The fourth-order valence-electron chi connectivity index (χ4n) is 3.65. The van der Waals surface area contributed by atoms with Crippen molar-refractivity contribution in [1.29, 1.82) is 0 Å². The largest absolute Gasteiger partial charge is 2.00 e. The van der Waals surface area contributed by atoms with Crippen molar-refractivity contribution in [2.75, 3.05) is 0 Å². The summed E-state index contributed by atoms with van der Waals surface area (Å²) < 4.78 is 29.0. The first-order chi connectivity index (χ1) is 16.4. The Morgan fingerprint density at radius 3 is 2.23 bits per heavy atom. The predicted molar refractivity (Wildman–Crippen MR) is 124 cm³/mol. The van der Waals surface area contributed by atoms with Gasteiger partial charge in [0, 0.05) is 16.8 Å². The fraction of sp³-hybridized carbons (Fsp3) is 0.111. The Morgan fingerprint density at radius 1 is 0.771 bits per heavy atom. The molecular formula is C27H19F2N5Pt. The van der Waals surface area contributed by atoms with E-state index in [0.29, 0.717) is 17.2 Å². The molecule has 0 aliphatic carbocycles. The Balaban J connectivity index is 0.00000289. The number of rotatable bonds is 5. The van der Waals surface area contributed by atoms with Crippen LogP contribution in [0.3, 0.4) is 0 Å². The summed E-state index contributed by atoms with van der Waals surface area (Å²) in [4.78, 5) is 12.7. The molecule has 1 aromatic carbocycles. The molecule has 0 fully saturated rings. The quantitative estimate of drug-likeness (QED) is 0.185. The van der Waals surface area contributed by atoms with Gasteiger partial charge in [-0.3, -0.25) is 15.1 Å². The van der Waals surface area contributed by atoms with Crippen molar-refractivity contribution in [1.82, 2.24) is 24.7 Å². The summed E-state index contributed by atoms with van der Waals surface area (Å²) >= 11 is 0. The van der Waals surface area contributed by atoms with E-state index in [2.05, 4.69) is 27.3 Å². The third-order valence-electron chi connectivity index (χ3n) is 5.59. The number of hydrogen-bond acceptors (Lipinski definition) is 4. The SMILES string of the molecule is CC(C)(c1cccc(-c2[c-]cc(F)nc2F)n1)c1cccc(-n2[c-]cc(-c3ccccc3)n2)n1.[Pt+2]. The van der Waals surface area contributed by atoms with Gasteiger partial charge in [-0.1, -0.05) is 78.0 Å². The van der Waals surface area contributed by atoms with Gasteiger partial charge in [0.1, 0.15) is 11.9 Å². The van der Waals surface area contributed by atoms with E-state index in [-0.39, 0.29) is 26.6 Å². The smallest absolute Gasteiger partial charge is 0.343 e. The molecular weight excluding hydrogens is 627 g/mol. The molecule has 0 saturated heterocycles. The van der Waals surface area contributed by atoms with E-state index in [0.717, 1.165) is 23.0 Å². The molecule has 4 aromatic heterocycles. The maximum atomic E-state index is 14.2.